The summed E-state index contributed by atoms with van der Waals surface area (Å²) in [5.41, 5.74) is 1.27. The van der Waals surface area contributed by atoms with E-state index in [4.69, 9.17) is 0 Å². The lowest BCUT2D eigenvalue weighted by atomic mass is 10.3. The minimum atomic E-state index is 0.468. The number of nitrogens with one attached hydrogen (secondary N) is 1. The fraction of sp³-hybridized carbons (Fsp3) is 0.750. The van der Waals surface area contributed by atoms with Crippen LogP contribution in [0.15, 0.2) is 12.5 Å². The van der Waals surface area contributed by atoms with Gasteiger partial charge in [0.05, 0.1) is 12.0 Å². The summed E-state index contributed by atoms with van der Waals surface area (Å²) in [6.45, 7) is 7.42. The zero-order valence-electron chi connectivity index (χ0n) is 10.9. The molecule has 0 fully saturated rings. The van der Waals surface area contributed by atoms with E-state index in [0.717, 1.165) is 19.6 Å². The van der Waals surface area contributed by atoms with Gasteiger partial charge in [0, 0.05) is 25.3 Å². The van der Waals surface area contributed by atoms with E-state index >= 15 is 0 Å². The Bertz CT molecular complexity index is 293. The highest BCUT2D eigenvalue weighted by Gasteiger charge is 2.09. The first kappa shape index (κ1) is 13.2. The monoisotopic (exact) mass is 224 g/mol. The highest BCUT2D eigenvalue weighted by Crippen LogP contribution is 2.10. The van der Waals surface area contributed by atoms with Crippen LogP contribution in [0, 0.1) is 0 Å². The van der Waals surface area contributed by atoms with Crippen LogP contribution in [0.5, 0.6) is 0 Å². The molecule has 0 aliphatic carbocycles. The molecule has 0 aliphatic rings. The molecule has 92 valence electrons. The van der Waals surface area contributed by atoms with E-state index in [9.17, 15) is 0 Å². The van der Waals surface area contributed by atoms with Gasteiger partial charge in [-0.25, -0.2) is 4.98 Å². The third-order valence-electron chi connectivity index (χ3n) is 2.58. The van der Waals surface area contributed by atoms with Crippen molar-refractivity contribution in [1.82, 2.24) is 19.8 Å². The first-order valence-corrected chi connectivity index (χ1v) is 6.01. The Morgan fingerprint density at radius 1 is 1.50 bits per heavy atom. The van der Waals surface area contributed by atoms with Crippen LogP contribution >= 0.6 is 0 Å². The molecule has 1 atom stereocenters. The van der Waals surface area contributed by atoms with E-state index in [0.29, 0.717) is 6.04 Å². The zero-order valence-corrected chi connectivity index (χ0v) is 10.9. The SMILES string of the molecule is CCCNCc1cncn1C(C)CN(C)C. The maximum absolute atomic E-state index is 4.23. The largest absolute Gasteiger partial charge is 0.329 e. The molecule has 4 heteroatoms. The summed E-state index contributed by atoms with van der Waals surface area (Å²) in [6, 6.07) is 0.468. The predicted octanol–water partition coefficient (Wildman–Crippen LogP) is 1.51. The van der Waals surface area contributed by atoms with Crippen LogP contribution in [0.1, 0.15) is 32.0 Å². The average molecular weight is 224 g/mol. The van der Waals surface area contributed by atoms with Crippen molar-refractivity contribution in [2.75, 3.05) is 27.2 Å². The molecule has 0 spiro atoms. The number of nitrogens with zero attached hydrogens (tertiary/aromatic N) is 3. The molecule has 4 nitrogen and oxygen atoms in total. The van der Waals surface area contributed by atoms with Crippen LogP contribution in [0.2, 0.25) is 0 Å². The summed E-state index contributed by atoms with van der Waals surface area (Å²) in [5.74, 6) is 0. The minimum Gasteiger partial charge on any atom is -0.329 e. The molecule has 1 unspecified atom stereocenters. The molecule has 1 aromatic heterocycles. The molecule has 0 saturated heterocycles. The summed E-state index contributed by atoms with van der Waals surface area (Å²) >= 11 is 0. The van der Waals surface area contributed by atoms with Crippen LogP contribution < -0.4 is 5.32 Å². The van der Waals surface area contributed by atoms with Gasteiger partial charge >= 0.3 is 0 Å². The molecular weight excluding hydrogens is 200 g/mol. The van der Waals surface area contributed by atoms with Gasteiger partial charge in [-0.15, -0.1) is 0 Å². The number of hydrogen-bond donors (Lipinski definition) is 1. The Labute approximate surface area is 98.7 Å². The molecule has 1 rings (SSSR count). The quantitative estimate of drug-likeness (QED) is 0.713. The molecule has 0 radical (unpaired) electrons. The summed E-state index contributed by atoms with van der Waals surface area (Å²) in [4.78, 5) is 6.44. The van der Waals surface area contributed by atoms with Gasteiger partial charge < -0.3 is 14.8 Å². The van der Waals surface area contributed by atoms with Crippen molar-refractivity contribution in [3.8, 4) is 0 Å². The number of imidazole rings is 1. The lowest BCUT2D eigenvalue weighted by Crippen LogP contribution is -2.25. The van der Waals surface area contributed by atoms with Gasteiger partial charge in [0.2, 0.25) is 0 Å². The van der Waals surface area contributed by atoms with Crippen molar-refractivity contribution in [2.24, 2.45) is 0 Å². The van der Waals surface area contributed by atoms with Crippen molar-refractivity contribution in [3.05, 3.63) is 18.2 Å². The van der Waals surface area contributed by atoms with Gasteiger partial charge in [-0.1, -0.05) is 6.92 Å². The number of hydrogen-bond acceptors (Lipinski definition) is 3. The van der Waals surface area contributed by atoms with E-state index < -0.39 is 0 Å². The topological polar surface area (TPSA) is 33.1 Å². The zero-order chi connectivity index (χ0) is 12.0. The molecule has 0 aromatic carbocycles. The lowest BCUT2D eigenvalue weighted by Gasteiger charge is -2.20. The minimum absolute atomic E-state index is 0.468. The summed E-state index contributed by atoms with van der Waals surface area (Å²) in [5, 5.41) is 3.41. The van der Waals surface area contributed by atoms with E-state index in [2.05, 4.69) is 47.7 Å². The first-order valence-electron chi connectivity index (χ1n) is 6.01. The second-order valence-electron chi connectivity index (χ2n) is 4.58. The summed E-state index contributed by atoms with van der Waals surface area (Å²) in [7, 11) is 4.20. The molecule has 1 N–H and O–H groups in total. The van der Waals surface area contributed by atoms with Crippen LogP contribution in [0.4, 0.5) is 0 Å². The Balaban J connectivity index is 2.55. The fourth-order valence-corrected chi connectivity index (χ4v) is 1.88. The van der Waals surface area contributed by atoms with E-state index in [1.807, 2.05) is 12.5 Å². The third kappa shape index (κ3) is 3.94. The normalized spacial score (nSPS) is 13.3. The van der Waals surface area contributed by atoms with Crippen LogP contribution in [0.3, 0.4) is 0 Å². The summed E-state index contributed by atoms with van der Waals surface area (Å²) in [6.07, 6.45) is 5.05. The van der Waals surface area contributed by atoms with Crippen molar-refractivity contribution in [2.45, 2.75) is 32.9 Å². The maximum Gasteiger partial charge on any atom is 0.0951 e. The maximum atomic E-state index is 4.23. The van der Waals surface area contributed by atoms with Gasteiger partial charge in [-0.2, -0.15) is 0 Å². The second-order valence-corrected chi connectivity index (χ2v) is 4.58. The average Bonchev–Trinajstić information content (AvgIpc) is 2.65. The van der Waals surface area contributed by atoms with E-state index in [1.165, 1.54) is 12.1 Å². The van der Waals surface area contributed by atoms with Gasteiger partial charge in [0.1, 0.15) is 0 Å². The molecule has 0 bridgehead atoms. The highest BCUT2D eigenvalue weighted by atomic mass is 15.1. The van der Waals surface area contributed by atoms with Crippen molar-refractivity contribution < 1.29 is 0 Å². The predicted molar refractivity (Wildman–Crippen MR) is 67.5 cm³/mol. The standard InChI is InChI=1S/C12H24N4/c1-5-6-13-7-12-8-14-10-16(12)11(2)9-15(3)4/h8,10-11,13H,5-7,9H2,1-4H3. The fourth-order valence-electron chi connectivity index (χ4n) is 1.88. The van der Waals surface area contributed by atoms with Crippen LogP contribution in [-0.2, 0) is 6.54 Å². The van der Waals surface area contributed by atoms with Crippen LogP contribution in [0.25, 0.3) is 0 Å². The smallest absolute Gasteiger partial charge is 0.0951 e. The lowest BCUT2D eigenvalue weighted by molar-refractivity contribution is 0.332. The van der Waals surface area contributed by atoms with Gasteiger partial charge in [-0.3, -0.25) is 0 Å². The Morgan fingerprint density at radius 2 is 2.25 bits per heavy atom. The van der Waals surface area contributed by atoms with E-state index in [-0.39, 0.29) is 0 Å². The Kier molecular flexibility index (Phi) is 5.49. The Morgan fingerprint density at radius 3 is 2.88 bits per heavy atom. The number of likely N-dealkylation sites (N-methyl/N-ethyl adjacent to an activating group) is 1. The number of rotatable bonds is 7. The van der Waals surface area contributed by atoms with Gasteiger partial charge in [-0.05, 0) is 34.0 Å². The second kappa shape index (κ2) is 6.66. The molecule has 1 aromatic rings. The van der Waals surface area contributed by atoms with Gasteiger partial charge in [0.15, 0.2) is 0 Å². The summed E-state index contributed by atoms with van der Waals surface area (Å²) < 4.78 is 2.25. The number of aromatic nitrogens is 2. The highest BCUT2D eigenvalue weighted by molar-refractivity contribution is 5.00. The molecule has 0 saturated carbocycles. The first-order chi connectivity index (χ1) is 7.65. The molecule has 0 aliphatic heterocycles. The van der Waals surface area contributed by atoms with Crippen LogP contribution in [-0.4, -0.2) is 41.6 Å². The molecule has 1 heterocycles. The van der Waals surface area contributed by atoms with E-state index in [1.54, 1.807) is 0 Å². The molecule has 16 heavy (non-hydrogen) atoms. The third-order valence-corrected chi connectivity index (χ3v) is 2.58. The molecular formula is C12H24N4. The van der Waals surface area contributed by atoms with Crippen molar-refractivity contribution in [3.63, 3.8) is 0 Å². The van der Waals surface area contributed by atoms with Gasteiger partial charge in [0.25, 0.3) is 0 Å². The molecule has 0 amide bonds. The Hall–Kier alpha value is -0.870. The van der Waals surface area contributed by atoms with Crippen molar-refractivity contribution in [1.29, 1.82) is 0 Å². The van der Waals surface area contributed by atoms with Crippen molar-refractivity contribution >= 4 is 0 Å².